The summed E-state index contributed by atoms with van der Waals surface area (Å²) in [6.45, 7) is 0.487. The van der Waals surface area contributed by atoms with Crippen molar-refractivity contribution in [2.45, 2.75) is 12.5 Å². The van der Waals surface area contributed by atoms with Crippen molar-refractivity contribution in [2.24, 2.45) is 5.41 Å². The highest BCUT2D eigenvalue weighted by atomic mass is 16.5. The highest BCUT2D eigenvalue weighted by Gasteiger charge is 2.48. The van der Waals surface area contributed by atoms with Gasteiger partial charge < -0.3 is 9.47 Å². The van der Waals surface area contributed by atoms with Crippen LogP contribution >= 0.6 is 0 Å². The molecule has 0 aromatic heterocycles. The Labute approximate surface area is 65.0 Å². The van der Waals surface area contributed by atoms with Gasteiger partial charge >= 0.3 is 5.97 Å². The standard InChI is InChI=1S/C8H10O3/c1-10-7(9)8-3-2-6(4-8)11-5-8/h2-3,6H,4-5H2,1H3. The largest absolute Gasteiger partial charge is 0.468 e. The van der Waals surface area contributed by atoms with Gasteiger partial charge in [-0.2, -0.15) is 0 Å². The van der Waals surface area contributed by atoms with Crippen molar-refractivity contribution in [1.82, 2.24) is 0 Å². The van der Waals surface area contributed by atoms with Crippen LogP contribution in [0.1, 0.15) is 6.42 Å². The van der Waals surface area contributed by atoms with Gasteiger partial charge in [-0.25, -0.2) is 0 Å². The summed E-state index contributed by atoms with van der Waals surface area (Å²) >= 11 is 0. The second kappa shape index (κ2) is 2.08. The number of carbonyl (C=O) groups is 1. The number of hydrogen-bond donors (Lipinski definition) is 0. The molecule has 0 amide bonds. The summed E-state index contributed by atoms with van der Waals surface area (Å²) in [7, 11) is 1.41. The van der Waals surface area contributed by atoms with Gasteiger partial charge in [0.1, 0.15) is 5.41 Å². The average Bonchev–Trinajstić information content (AvgIpc) is 2.62. The SMILES string of the molecule is COC(=O)C12C=CC(C1)OC2. The second-order valence-electron chi connectivity index (χ2n) is 3.06. The second-order valence-corrected chi connectivity index (χ2v) is 3.06. The molecule has 1 heterocycles. The van der Waals surface area contributed by atoms with Crippen molar-refractivity contribution in [3.8, 4) is 0 Å². The zero-order chi connectivity index (χ0) is 7.90. The molecule has 2 bridgehead atoms. The molecule has 0 aromatic carbocycles. The third-order valence-electron chi connectivity index (χ3n) is 2.34. The number of ether oxygens (including phenoxy) is 2. The minimum absolute atomic E-state index is 0.147. The molecule has 60 valence electrons. The third kappa shape index (κ3) is 0.807. The molecular weight excluding hydrogens is 144 g/mol. The summed E-state index contributed by atoms with van der Waals surface area (Å²) in [5.41, 5.74) is -0.445. The molecule has 11 heavy (non-hydrogen) atoms. The normalized spacial score (nSPS) is 39.5. The molecule has 3 heteroatoms. The van der Waals surface area contributed by atoms with E-state index in [-0.39, 0.29) is 12.1 Å². The number of methoxy groups -OCH3 is 1. The van der Waals surface area contributed by atoms with E-state index in [0.29, 0.717) is 6.61 Å². The van der Waals surface area contributed by atoms with Gasteiger partial charge in [0.05, 0.1) is 19.8 Å². The number of esters is 1. The van der Waals surface area contributed by atoms with Gasteiger partial charge in [-0.05, 0) is 6.42 Å². The van der Waals surface area contributed by atoms with E-state index in [1.54, 1.807) is 0 Å². The summed E-state index contributed by atoms with van der Waals surface area (Å²) in [4.78, 5) is 11.2. The van der Waals surface area contributed by atoms with E-state index in [2.05, 4.69) is 4.74 Å². The van der Waals surface area contributed by atoms with Crippen LogP contribution in [0.4, 0.5) is 0 Å². The molecule has 0 spiro atoms. The van der Waals surface area contributed by atoms with Crippen LogP contribution in [0.25, 0.3) is 0 Å². The summed E-state index contributed by atoms with van der Waals surface area (Å²) in [5, 5.41) is 0. The Morgan fingerprint density at radius 1 is 1.82 bits per heavy atom. The van der Waals surface area contributed by atoms with Crippen LogP contribution in [0.3, 0.4) is 0 Å². The van der Waals surface area contributed by atoms with Crippen LogP contribution < -0.4 is 0 Å². The summed E-state index contributed by atoms with van der Waals surface area (Å²) in [5.74, 6) is -0.172. The van der Waals surface area contributed by atoms with Crippen molar-refractivity contribution in [3.63, 3.8) is 0 Å². The Morgan fingerprint density at radius 2 is 2.64 bits per heavy atom. The molecule has 1 fully saturated rings. The Bertz CT molecular complexity index is 221. The van der Waals surface area contributed by atoms with E-state index in [0.717, 1.165) is 6.42 Å². The zero-order valence-electron chi connectivity index (χ0n) is 6.37. The molecular formula is C8H10O3. The first kappa shape index (κ1) is 6.85. The van der Waals surface area contributed by atoms with Gasteiger partial charge in [-0.3, -0.25) is 4.79 Å². The highest BCUT2D eigenvalue weighted by Crippen LogP contribution is 2.41. The molecule has 0 radical (unpaired) electrons. The quantitative estimate of drug-likeness (QED) is 0.407. The van der Waals surface area contributed by atoms with Crippen molar-refractivity contribution in [1.29, 1.82) is 0 Å². The van der Waals surface area contributed by atoms with Crippen LogP contribution in [0.15, 0.2) is 12.2 Å². The first-order valence-electron chi connectivity index (χ1n) is 3.66. The molecule has 0 saturated carbocycles. The van der Waals surface area contributed by atoms with E-state index < -0.39 is 5.41 Å². The van der Waals surface area contributed by atoms with E-state index in [9.17, 15) is 4.79 Å². The summed E-state index contributed by atoms with van der Waals surface area (Å²) < 4.78 is 9.98. The summed E-state index contributed by atoms with van der Waals surface area (Å²) in [6, 6.07) is 0. The minimum Gasteiger partial charge on any atom is -0.468 e. The van der Waals surface area contributed by atoms with Gasteiger partial charge in [0.15, 0.2) is 0 Å². The molecule has 2 aliphatic rings. The van der Waals surface area contributed by atoms with Gasteiger partial charge in [-0.1, -0.05) is 12.2 Å². The first-order chi connectivity index (χ1) is 5.27. The number of fused-ring (bicyclic) bond motifs is 2. The lowest BCUT2D eigenvalue weighted by Gasteiger charge is -2.17. The molecule has 0 N–H and O–H groups in total. The van der Waals surface area contributed by atoms with Crippen molar-refractivity contribution < 1.29 is 14.3 Å². The molecule has 2 atom stereocenters. The van der Waals surface area contributed by atoms with E-state index >= 15 is 0 Å². The Morgan fingerprint density at radius 3 is 3.00 bits per heavy atom. The van der Waals surface area contributed by atoms with Crippen LogP contribution in [-0.2, 0) is 14.3 Å². The van der Waals surface area contributed by atoms with Crippen LogP contribution in [0.2, 0.25) is 0 Å². The molecule has 1 saturated heterocycles. The van der Waals surface area contributed by atoms with Crippen LogP contribution in [0, 0.1) is 5.41 Å². The van der Waals surface area contributed by atoms with Crippen LogP contribution in [-0.4, -0.2) is 25.8 Å². The molecule has 1 aliphatic heterocycles. The maximum absolute atomic E-state index is 11.2. The summed E-state index contributed by atoms with van der Waals surface area (Å²) in [6.07, 6.45) is 4.75. The van der Waals surface area contributed by atoms with E-state index in [1.807, 2.05) is 12.2 Å². The fourth-order valence-electron chi connectivity index (χ4n) is 1.68. The van der Waals surface area contributed by atoms with Gasteiger partial charge in [0, 0.05) is 0 Å². The average molecular weight is 154 g/mol. The fourth-order valence-corrected chi connectivity index (χ4v) is 1.68. The van der Waals surface area contributed by atoms with Crippen molar-refractivity contribution in [2.75, 3.05) is 13.7 Å². The number of rotatable bonds is 1. The predicted molar refractivity (Wildman–Crippen MR) is 37.9 cm³/mol. The Kier molecular flexibility index (Phi) is 1.29. The lowest BCUT2D eigenvalue weighted by molar-refractivity contribution is -0.149. The van der Waals surface area contributed by atoms with Crippen molar-refractivity contribution >= 4 is 5.97 Å². The van der Waals surface area contributed by atoms with E-state index in [1.165, 1.54) is 7.11 Å². The number of hydrogen-bond acceptors (Lipinski definition) is 3. The zero-order valence-corrected chi connectivity index (χ0v) is 6.37. The molecule has 3 nitrogen and oxygen atoms in total. The Hall–Kier alpha value is -0.830. The highest BCUT2D eigenvalue weighted by molar-refractivity contribution is 5.80. The lowest BCUT2D eigenvalue weighted by Crippen LogP contribution is -2.29. The molecule has 0 aromatic rings. The van der Waals surface area contributed by atoms with Gasteiger partial charge in [-0.15, -0.1) is 0 Å². The monoisotopic (exact) mass is 154 g/mol. The van der Waals surface area contributed by atoms with E-state index in [4.69, 9.17) is 4.74 Å². The molecule has 2 unspecified atom stereocenters. The minimum atomic E-state index is -0.445. The molecule has 1 aliphatic carbocycles. The fraction of sp³-hybridized carbons (Fsp3) is 0.625. The first-order valence-corrected chi connectivity index (χ1v) is 3.66. The maximum atomic E-state index is 11.2. The van der Waals surface area contributed by atoms with Crippen LogP contribution in [0.5, 0.6) is 0 Å². The number of carbonyl (C=O) groups excluding carboxylic acids is 1. The topological polar surface area (TPSA) is 35.5 Å². The van der Waals surface area contributed by atoms with Gasteiger partial charge in [0.25, 0.3) is 0 Å². The lowest BCUT2D eigenvalue weighted by atomic mass is 9.90. The Balaban J connectivity index is 2.23. The van der Waals surface area contributed by atoms with Gasteiger partial charge in [0.2, 0.25) is 0 Å². The maximum Gasteiger partial charge on any atom is 0.318 e. The molecule has 2 rings (SSSR count). The third-order valence-corrected chi connectivity index (χ3v) is 2.34. The predicted octanol–water partition coefficient (Wildman–Crippen LogP) is 0.504. The smallest absolute Gasteiger partial charge is 0.318 e. The van der Waals surface area contributed by atoms with Crippen molar-refractivity contribution in [3.05, 3.63) is 12.2 Å².